The summed E-state index contributed by atoms with van der Waals surface area (Å²) in [5.41, 5.74) is 16.3. The zero-order valence-corrected chi connectivity index (χ0v) is 29.4. The van der Waals surface area contributed by atoms with E-state index < -0.39 is 0 Å². The van der Waals surface area contributed by atoms with Crippen LogP contribution in [0.4, 0.5) is 5.69 Å². The minimum absolute atomic E-state index is 0.343. The van der Waals surface area contributed by atoms with E-state index in [9.17, 15) is 0 Å². The van der Waals surface area contributed by atoms with Crippen LogP contribution < -0.4 is 5.73 Å². The molecule has 53 heavy (non-hydrogen) atoms. The van der Waals surface area contributed by atoms with Gasteiger partial charge in [-0.3, -0.25) is 4.98 Å². The first kappa shape index (κ1) is 33.0. The van der Waals surface area contributed by atoms with E-state index in [1.807, 2.05) is 79.0 Å². The molecular weight excluding hydrogens is 665 g/mol. The molecule has 4 aromatic carbocycles. The van der Waals surface area contributed by atoms with E-state index in [-0.39, 0.29) is 0 Å². The Morgan fingerprint density at radius 3 is 1.89 bits per heavy atom. The van der Waals surface area contributed by atoms with Gasteiger partial charge in [-0.05, 0) is 110 Å². The molecular formula is C43H40N6O4. The highest BCUT2D eigenvalue weighted by Gasteiger charge is 2.24. The Balaban J connectivity index is 0.000000146. The molecule has 2 aliphatic rings. The number of nitrogens with two attached hydrogens (primary N) is 1. The van der Waals surface area contributed by atoms with Gasteiger partial charge in [-0.25, -0.2) is 15.0 Å². The van der Waals surface area contributed by atoms with Crippen LogP contribution in [0.5, 0.6) is 0 Å². The summed E-state index contributed by atoms with van der Waals surface area (Å²) < 4.78 is 25.1. The number of anilines is 1. The molecule has 0 spiro atoms. The zero-order valence-electron chi connectivity index (χ0n) is 29.4. The summed E-state index contributed by atoms with van der Waals surface area (Å²) in [5.74, 6) is 2.79. The fourth-order valence-corrected chi connectivity index (χ4v) is 7.39. The standard InChI is InChI=1S/C24H20N4O2.C19H20N2O2/c1-2-7-22-18(5-1)27-24(30-22)16-8-9-21-20(15-16)26-23(19-6-3-4-12-25-19)28(21)17-10-13-29-14-11-17;20-16-12-15(19-21-17-3-1-2-4-18(17)23-19)6-5-14(16)11-13-7-9-22-10-8-13/h1-9,12,15,17H,10-11,13-14H2;1-6,12-13H,7-11,20H2. The predicted molar refractivity (Wildman–Crippen MR) is 206 cm³/mol. The monoisotopic (exact) mass is 704 g/mol. The van der Waals surface area contributed by atoms with Gasteiger partial charge in [0, 0.05) is 55.5 Å². The Morgan fingerprint density at radius 2 is 1.25 bits per heavy atom. The molecule has 0 unspecified atom stereocenters. The SMILES string of the molecule is Nc1cc(-c2nc3ccccc3o2)ccc1CC1CCOCC1.c1ccc(-c2nc3cc(-c4nc5ccccc5o4)ccc3n2C2CCOCC2)nc1. The number of benzene rings is 4. The Morgan fingerprint density at radius 1 is 0.623 bits per heavy atom. The lowest BCUT2D eigenvalue weighted by Crippen LogP contribution is -2.20. The van der Waals surface area contributed by atoms with Crippen molar-refractivity contribution in [3.05, 3.63) is 115 Å². The molecule has 10 heteroatoms. The van der Waals surface area contributed by atoms with Crippen molar-refractivity contribution in [1.82, 2.24) is 24.5 Å². The smallest absolute Gasteiger partial charge is 0.227 e. The highest BCUT2D eigenvalue weighted by atomic mass is 16.5. The first-order valence-electron chi connectivity index (χ1n) is 18.4. The third-order valence-corrected chi connectivity index (χ3v) is 10.2. The molecule has 2 fully saturated rings. The highest BCUT2D eigenvalue weighted by Crippen LogP contribution is 2.35. The van der Waals surface area contributed by atoms with Crippen LogP contribution in [0.1, 0.15) is 37.3 Å². The van der Waals surface area contributed by atoms with Gasteiger partial charge in [0.05, 0.1) is 11.0 Å². The largest absolute Gasteiger partial charge is 0.436 e. The summed E-state index contributed by atoms with van der Waals surface area (Å²) in [6.45, 7) is 3.27. The number of fused-ring (bicyclic) bond motifs is 3. The number of ether oxygens (including phenoxy) is 2. The minimum Gasteiger partial charge on any atom is -0.436 e. The molecule has 6 heterocycles. The van der Waals surface area contributed by atoms with E-state index in [4.69, 9.17) is 29.0 Å². The van der Waals surface area contributed by atoms with Gasteiger partial charge in [0.15, 0.2) is 17.0 Å². The van der Waals surface area contributed by atoms with Crippen LogP contribution in [0.3, 0.4) is 0 Å². The maximum atomic E-state index is 6.27. The molecule has 2 N–H and O–H groups in total. The average molecular weight is 705 g/mol. The molecule has 0 saturated carbocycles. The van der Waals surface area contributed by atoms with Crippen LogP contribution in [0, 0.1) is 5.92 Å². The molecule has 4 aromatic heterocycles. The maximum Gasteiger partial charge on any atom is 0.227 e. The number of aromatic nitrogens is 5. The van der Waals surface area contributed by atoms with Crippen molar-refractivity contribution in [2.45, 2.75) is 38.1 Å². The summed E-state index contributed by atoms with van der Waals surface area (Å²) >= 11 is 0. The Labute approximate surface area is 306 Å². The van der Waals surface area contributed by atoms with Crippen molar-refractivity contribution in [1.29, 1.82) is 0 Å². The van der Waals surface area contributed by atoms with Crippen LogP contribution in [0.2, 0.25) is 0 Å². The van der Waals surface area contributed by atoms with Crippen LogP contribution >= 0.6 is 0 Å². The van der Waals surface area contributed by atoms with Gasteiger partial charge in [0.1, 0.15) is 16.7 Å². The van der Waals surface area contributed by atoms with E-state index in [2.05, 4.69) is 49.9 Å². The molecule has 0 radical (unpaired) electrons. The second-order valence-corrected chi connectivity index (χ2v) is 13.7. The molecule has 10 nitrogen and oxygen atoms in total. The summed E-state index contributed by atoms with van der Waals surface area (Å²) in [6.07, 6.45) is 7.00. The van der Waals surface area contributed by atoms with Crippen molar-refractivity contribution in [2.75, 3.05) is 32.2 Å². The van der Waals surface area contributed by atoms with Gasteiger partial charge in [0.2, 0.25) is 11.8 Å². The fraction of sp³-hybridized carbons (Fsp3) is 0.256. The molecule has 0 amide bonds. The number of hydrogen-bond acceptors (Lipinski definition) is 9. The summed E-state index contributed by atoms with van der Waals surface area (Å²) in [6, 6.07) is 34.2. The number of rotatable bonds is 6. The van der Waals surface area contributed by atoms with Crippen molar-refractivity contribution >= 4 is 38.9 Å². The van der Waals surface area contributed by atoms with E-state index in [1.165, 1.54) is 5.56 Å². The summed E-state index contributed by atoms with van der Waals surface area (Å²) in [5, 5.41) is 0. The maximum absolute atomic E-state index is 6.27. The number of hydrogen-bond donors (Lipinski definition) is 1. The zero-order chi connectivity index (χ0) is 35.6. The number of imidazole rings is 1. The molecule has 10 rings (SSSR count). The molecule has 2 aliphatic heterocycles. The summed E-state index contributed by atoms with van der Waals surface area (Å²) in [4.78, 5) is 18.7. The minimum atomic E-state index is 0.343. The van der Waals surface area contributed by atoms with Crippen molar-refractivity contribution in [3.63, 3.8) is 0 Å². The van der Waals surface area contributed by atoms with E-state index in [0.717, 1.165) is 120 Å². The molecule has 0 aliphatic carbocycles. The number of para-hydroxylation sites is 4. The number of nitrogen functional groups attached to an aromatic ring is 1. The van der Waals surface area contributed by atoms with E-state index in [0.29, 0.717) is 23.7 Å². The lowest BCUT2D eigenvalue weighted by atomic mass is 9.91. The van der Waals surface area contributed by atoms with Crippen molar-refractivity contribution < 1.29 is 18.3 Å². The fourth-order valence-electron chi connectivity index (χ4n) is 7.39. The van der Waals surface area contributed by atoms with Crippen molar-refractivity contribution in [2.24, 2.45) is 5.92 Å². The third-order valence-electron chi connectivity index (χ3n) is 10.2. The van der Waals surface area contributed by atoms with Crippen LogP contribution in [0.25, 0.3) is 67.7 Å². The van der Waals surface area contributed by atoms with Crippen LogP contribution in [-0.2, 0) is 15.9 Å². The average Bonchev–Trinajstić information content (AvgIpc) is 3.95. The quantitative estimate of drug-likeness (QED) is 0.169. The van der Waals surface area contributed by atoms with Gasteiger partial charge in [0.25, 0.3) is 0 Å². The van der Waals surface area contributed by atoms with E-state index >= 15 is 0 Å². The topological polar surface area (TPSA) is 127 Å². The second-order valence-electron chi connectivity index (χ2n) is 13.7. The van der Waals surface area contributed by atoms with Gasteiger partial charge in [-0.1, -0.05) is 36.4 Å². The molecule has 0 atom stereocenters. The normalized spacial score (nSPS) is 15.5. The van der Waals surface area contributed by atoms with Gasteiger partial charge >= 0.3 is 0 Å². The molecule has 2 saturated heterocycles. The number of nitrogens with zero attached hydrogens (tertiary/aromatic N) is 5. The first-order valence-corrected chi connectivity index (χ1v) is 18.4. The van der Waals surface area contributed by atoms with Gasteiger partial charge < -0.3 is 28.6 Å². The highest BCUT2D eigenvalue weighted by molar-refractivity contribution is 5.85. The van der Waals surface area contributed by atoms with Gasteiger partial charge in [-0.15, -0.1) is 0 Å². The Bertz CT molecular complexity index is 2430. The Hall–Kier alpha value is -5.84. The lowest BCUT2D eigenvalue weighted by Gasteiger charge is -2.25. The first-order chi connectivity index (χ1) is 26.2. The summed E-state index contributed by atoms with van der Waals surface area (Å²) in [7, 11) is 0. The predicted octanol–water partition coefficient (Wildman–Crippen LogP) is 9.30. The molecule has 0 bridgehead atoms. The van der Waals surface area contributed by atoms with Crippen LogP contribution in [0.15, 0.2) is 118 Å². The third kappa shape index (κ3) is 6.91. The number of oxazole rings is 2. The number of pyridine rings is 1. The van der Waals surface area contributed by atoms with Crippen LogP contribution in [-0.4, -0.2) is 50.9 Å². The van der Waals surface area contributed by atoms with Crippen molar-refractivity contribution in [3.8, 4) is 34.4 Å². The lowest BCUT2D eigenvalue weighted by molar-refractivity contribution is 0.0666. The Kier molecular flexibility index (Phi) is 9.13. The molecule has 8 aromatic rings. The molecule has 266 valence electrons. The second kappa shape index (κ2) is 14.7. The van der Waals surface area contributed by atoms with E-state index in [1.54, 1.807) is 0 Å². The van der Waals surface area contributed by atoms with Gasteiger partial charge in [-0.2, -0.15) is 0 Å².